The zero-order valence-corrected chi connectivity index (χ0v) is 9.82. The molecular formula is C11H22O4. The number of hydrogen-bond donors (Lipinski definition) is 2. The van der Waals surface area contributed by atoms with Crippen molar-refractivity contribution in [3.63, 3.8) is 0 Å². The number of aliphatic hydroxyl groups excluding tert-OH is 1. The Morgan fingerprint density at radius 2 is 2.07 bits per heavy atom. The summed E-state index contributed by atoms with van der Waals surface area (Å²) in [6.45, 7) is 5.77. The first-order chi connectivity index (χ1) is 7.02. The van der Waals surface area contributed by atoms with Crippen LogP contribution in [0.1, 0.15) is 40.0 Å². The van der Waals surface area contributed by atoms with Gasteiger partial charge in [-0.15, -0.1) is 0 Å². The summed E-state index contributed by atoms with van der Waals surface area (Å²) in [5.41, 5.74) is -1.13. The van der Waals surface area contributed by atoms with Crippen LogP contribution in [0.25, 0.3) is 0 Å². The Labute approximate surface area is 91.3 Å². The molecule has 0 aromatic carbocycles. The van der Waals surface area contributed by atoms with Crippen LogP contribution in [-0.2, 0) is 9.53 Å². The van der Waals surface area contributed by atoms with Crippen LogP contribution in [0.4, 0.5) is 0 Å². The van der Waals surface area contributed by atoms with E-state index in [-0.39, 0.29) is 13.2 Å². The zero-order chi connectivity index (χ0) is 11.9. The molecule has 90 valence electrons. The standard InChI is InChI=1S/C11H22O4/c1-4-9(3)8-11(5-2,10(13)14)15-7-6-12/h9,12H,4-8H2,1-3H3,(H,13,14). The van der Waals surface area contributed by atoms with E-state index < -0.39 is 11.6 Å². The molecule has 4 nitrogen and oxygen atoms in total. The zero-order valence-electron chi connectivity index (χ0n) is 9.82. The largest absolute Gasteiger partial charge is 0.479 e. The fourth-order valence-electron chi connectivity index (χ4n) is 1.55. The van der Waals surface area contributed by atoms with Crippen molar-refractivity contribution in [1.82, 2.24) is 0 Å². The minimum absolute atomic E-state index is 0.0799. The number of aliphatic hydroxyl groups is 1. The van der Waals surface area contributed by atoms with E-state index in [2.05, 4.69) is 0 Å². The highest BCUT2D eigenvalue weighted by atomic mass is 16.5. The average molecular weight is 218 g/mol. The fourth-order valence-corrected chi connectivity index (χ4v) is 1.55. The molecule has 0 radical (unpaired) electrons. The van der Waals surface area contributed by atoms with Crippen LogP contribution in [0, 0.1) is 5.92 Å². The van der Waals surface area contributed by atoms with E-state index in [0.29, 0.717) is 18.8 Å². The second-order valence-corrected chi connectivity index (χ2v) is 3.94. The van der Waals surface area contributed by atoms with E-state index in [1.165, 1.54) is 0 Å². The highest BCUT2D eigenvalue weighted by Gasteiger charge is 2.38. The Bertz CT molecular complexity index is 193. The summed E-state index contributed by atoms with van der Waals surface area (Å²) in [4.78, 5) is 11.2. The summed E-state index contributed by atoms with van der Waals surface area (Å²) in [6.07, 6.45) is 1.85. The molecule has 0 aliphatic carbocycles. The third kappa shape index (κ3) is 4.18. The van der Waals surface area contributed by atoms with Gasteiger partial charge in [-0.3, -0.25) is 0 Å². The van der Waals surface area contributed by atoms with Crippen LogP contribution in [0.5, 0.6) is 0 Å². The van der Waals surface area contributed by atoms with Crippen LogP contribution in [-0.4, -0.2) is 35.0 Å². The van der Waals surface area contributed by atoms with Gasteiger partial charge in [-0.05, 0) is 18.8 Å². The Morgan fingerprint density at radius 3 is 2.40 bits per heavy atom. The maximum atomic E-state index is 11.2. The summed E-state index contributed by atoms with van der Waals surface area (Å²) in [6, 6.07) is 0. The van der Waals surface area contributed by atoms with E-state index in [0.717, 1.165) is 6.42 Å². The smallest absolute Gasteiger partial charge is 0.335 e. The Morgan fingerprint density at radius 1 is 1.47 bits per heavy atom. The van der Waals surface area contributed by atoms with Gasteiger partial charge in [0.2, 0.25) is 0 Å². The van der Waals surface area contributed by atoms with Crippen molar-refractivity contribution in [2.75, 3.05) is 13.2 Å². The molecular weight excluding hydrogens is 196 g/mol. The second-order valence-electron chi connectivity index (χ2n) is 3.94. The quantitative estimate of drug-likeness (QED) is 0.650. The predicted octanol–water partition coefficient (Wildman–Crippen LogP) is 1.66. The number of ether oxygens (including phenoxy) is 1. The molecule has 0 rings (SSSR count). The lowest BCUT2D eigenvalue weighted by atomic mass is 9.87. The fraction of sp³-hybridized carbons (Fsp3) is 0.909. The first-order valence-electron chi connectivity index (χ1n) is 5.50. The van der Waals surface area contributed by atoms with Crippen molar-refractivity contribution in [3.05, 3.63) is 0 Å². The number of aliphatic carboxylic acids is 1. The highest BCUT2D eigenvalue weighted by molar-refractivity contribution is 5.77. The van der Waals surface area contributed by atoms with Gasteiger partial charge >= 0.3 is 5.97 Å². The van der Waals surface area contributed by atoms with Gasteiger partial charge in [0, 0.05) is 0 Å². The molecule has 0 saturated carbocycles. The molecule has 0 aliphatic heterocycles. The SMILES string of the molecule is CCC(C)CC(CC)(OCCO)C(=O)O. The van der Waals surface area contributed by atoms with Crippen LogP contribution in [0.2, 0.25) is 0 Å². The van der Waals surface area contributed by atoms with Crippen molar-refractivity contribution >= 4 is 5.97 Å². The lowest BCUT2D eigenvalue weighted by Crippen LogP contribution is -2.43. The van der Waals surface area contributed by atoms with Crippen LogP contribution < -0.4 is 0 Å². The molecule has 2 N–H and O–H groups in total. The maximum absolute atomic E-state index is 11.2. The molecule has 0 fully saturated rings. The summed E-state index contributed by atoms with van der Waals surface area (Å²) in [5.74, 6) is -0.626. The van der Waals surface area contributed by atoms with Crippen molar-refractivity contribution in [2.45, 2.75) is 45.6 Å². The van der Waals surface area contributed by atoms with E-state index in [4.69, 9.17) is 9.84 Å². The third-order valence-electron chi connectivity index (χ3n) is 2.81. The average Bonchev–Trinajstić information content (AvgIpc) is 2.23. The number of carbonyl (C=O) groups is 1. The molecule has 0 aromatic rings. The van der Waals surface area contributed by atoms with Gasteiger partial charge in [-0.25, -0.2) is 4.79 Å². The monoisotopic (exact) mass is 218 g/mol. The van der Waals surface area contributed by atoms with Crippen molar-refractivity contribution in [1.29, 1.82) is 0 Å². The van der Waals surface area contributed by atoms with Gasteiger partial charge in [0.25, 0.3) is 0 Å². The van der Waals surface area contributed by atoms with E-state index in [9.17, 15) is 9.90 Å². The first-order valence-corrected chi connectivity index (χ1v) is 5.50. The van der Waals surface area contributed by atoms with Crippen LogP contribution >= 0.6 is 0 Å². The molecule has 2 atom stereocenters. The molecule has 0 heterocycles. The van der Waals surface area contributed by atoms with E-state index in [1.807, 2.05) is 13.8 Å². The third-order valence-corrected chi connectivity index (χ3v) is 2.81. The summed E-state index contributed by atoms with van der Waals surface area (Å²) >= 11 is 0. The van der Waals surface area contributed by atoms with Gasteiger partial charge in [-0.2, -0.15) is 0 Å². The topological polar surface area (TPSA) is 66.8 Å². The molecule has 4 heteroatoms. The minimum Gasteiger partial charge on any atom is -0.479 e. The Balaban J connectivity index is 4.57. The summed E-state index contributed by atoms with van der Waals surface area (Å²) in [7, 11) is 0. The second kappa shape index (κ2) is 6.80. The van der Waals surface area contributed by atoms with E-state index >= 15 is 0 Å². The van der Waals surface area contributed by atoms with Gasteiger partial charge in [0.1, 0.15) is 0 Å². The summed E-state index contributed by atoms with van der Waals surface area (Å²) < 4.78 is 5.31. The Hall–Kier alpha value is -0.610. The van der Waals surface area contributed by atoms with Gasteiger partial charge in [0.15, 0.2) is 5.60 Å². The molecule has 15 heavy (non-hydrogen) atoms. The molecule has 0 aliphatic rings. The Kier molecular flexibility index (Phi) is 6.52. The lowest BCUT2D eigenvalue weighted by Gasteiger charge is -2.30. The predicted molar refractivity (Wildman–Crippen MR) is 57.8 cm³/mol. The number of rotatable bonds is 8. The highest BCUT2D eigenvalue weighted by Crippen LogP contribution is 2.27. The molecule has 2 unspecified atom stereocenters. The number of carboxylic acid groups (broad SMARTS) is 1. The molecule has 0 saturated heterocycles. The minimum atomic E-state index is -1.13. The van der Waals surface area contributed by atoms with Crippen molar-refractivity contribution < 1.29 is 19.7 Å². The normalized spacial score (nSPS) is 17.1. The first kappa shape index (κ1) is 14.4. The molecule has 0 bridgehead atoms. The van der Waals surface area contributed by atoms with Crippen LogP contribution in [0.15, 0.2) is 0 Å². The van der Waals surface area contributed by atoms with Gasteiger partial charge in [0.05, 0.1) is 13.2 Å². The van der Waals surface area contributed by atoms with E-state index in [1.54, 1.807) is 6.92 Å². The number of carboxylic acids is 1. The maximum Gasteiger partial charge on any atom is 0.335 e. The number of hydrogen-bond acceptors (Lipinski definition) is 3. The molecule has 0 aromatic heterocycles. The van der Waals surface area contributed by atoms with Crippen LogP contribution in [0.3, 0.4) is 0 Å². The van der Waals surface area contributed by atoms with Gasteiger partial charge in [-0.1, -0.05) is 27.2 Å². The lowest BCUT2D eigenvalue weighted by molar-refractivity contribution is -0.170. The van der Waals surface area contributed by atoms with Crippen molar-refractivity contribution in [3.8, 4) is 0 Å². The molecule has 0 amide bonds. The van der Waals surface area contributed by atoms with Crippen molar-refractivity contribution in [2.24, 2.45) is 5.92 Å². The summed E-state index contributed by atoms with van der Waals surface area (Å²) in [5, 5.41) is 17.9. The van der Waals surface area contributed by atoms with Gasteiger partial charge < -0.3 is 14.9 Å². The molecule has 0 spiro atoms.